The molecule has 0 unspecified atom stereocenters. The van der Waals surface area contributed by atoms with Gasteiger partial charge in [0.1, 0.15) is 5.69 Å². The van der Waals surface area contributed by atoms with Crippen molar-refractivity contribution >= 4 is 5.78 Å². The zero-order valence-corrected chi connectivity index (χ0v) is 24.8. The number of Topliss-reactive ketones (excluding diaryl/α,β-unsaturated/α-hetero) is 1. The van der Waals surface area contributed by atoms with Crippen molar-refractivity contribution in [2.24, 2.45) is 5.92 Å². The van der Waals surface area contributed by atoms with Crippen LogP contribution in [0.1, 0.15) is 66.0 Å². The Balaban J connectivity index is 1.34. The van der Waals surface area contributed by atoms with Crippen LogP contribution < -0.4 is 0 Å². The molecule has 0 bridgehead atoms. The van der Waals surface area contributed by atoms with E-state index in [1.54, 1.807) is 4.68 Å². The van der Waals surface area contributed by atoms with Crippen LogP contribution in [0.2, 0.25) is 0 Å². The highest BCUT2D eigenvalue weighted by Gasteiger charge is 2.45. The van der Waals surface area contributed by atoms with Crippen molar-refractivity contribution in [1.29, 1.82) is 0 Å². The number of ketones is 1. The van der Waals surface area contributed by atoms with Crippen LogP contribution >= 0.6 is 0 Å². The molecule has 1 aromatic heterocycles. The number of aromatic nitrogens is 3. The largest absolute Gasteiger partial charge is 0.371 e. The van der Waals surface area contributed by atoms with Gasteiger partial charge in [-0.25, -0.2) is 4.68 Å². The Hall–Kier alpha value is -3.39. The number of benzene rings is 1. The first-order chi connectivity index (χ1) is 19.7. The predicted octanol–water partition coefficient (Wildman–Crippen LogP) is 6.77. The van der Waals surface area contributed by atoms with E-state index in [2.05, 4.69) is 56.2 Å². The van der Waals surface area contributed by atoms with Crippen LogP contribution in [0.15, 0.2) is 94.8 Å². The number of ether oxygens (including phenoxy) is 3. The Morgan fingerprint density at radius 2 is 1.90 bits per heavy atom. The average Bonchev–Trinajstić information content (AvgIpc) is 3.38. The average molecular weight is 556 g/mol. The molecule has 3 aliphatic rings. The SMILES string of the molecule is CC(C)=CCCC(C)=C[C@@H]1CC(C)=C[C@]2(C=C(COCc3cn(-c4ccccc4)nn3)[C@H]3CC(=O)C(C)=C[C@H]3O2)O1. The topological polar surface area (TPSA) is 75.5 Å². The quantitative estimate of drug-likeness (QED) is 0.318. The van der Waals surface area contributed by atoms with Gasteiger partial charge in [0.15, 0.2) is 5.78 Å². The lowest BCUT2D eigenvalue weighted by Gasteiger charge is -2.45. The first-order valence-corrected chi connectivity index (χ1v) is 14.5. The normalized spacial score (nSPS) is 26.3. The summed E-state index contributed by atoms with van der Waals surface area (Å²) < 4.78 is 21.2. The number of hydrogen-bond donors (Lipinski definition) is 0. The van der Waals surface area contributed by atoms with E-state index < -0.39 is 5.79 Å². The second kappa shape index (κ2) is 12.6. The molecule has 216 valence electrons. The molecule has 0 amide bonds. The first-order valence-electron chi connectivity index (χ1n) is 14.5. The number of allylic oxidation sites excluding steroid dienone is 4. The molecule has 0 fully saturated rings. The van der Waals surface area contributed by atoms with Crippen molar-refractivity contribution in [2.75, 3.05) is 6.61 Å². The Kier molecular flexibility index (Phi) is 8.97. The van der Waals surface area contributed by atoms with Crippen LogP contribution in [0.5, 0.6) is 0 Å². The van der Waals surface area contributed by atoms with Crippen molar-refractivity contribution < 1.29 is 19.0 Å². The van der Waals surface area contributed by atoms with E-state index in [-0.39, 0.29) is 23.9 Å². The zero-order valence-electron chi connectivity index (χ0n) is 24.8. The third kappa shape index (κ3) is 7.28. The van der Waals surface area contributed by atoms with Gasteiger partial charge in [-0.15, -0.1) is 5.10 Å². The second-order valence-corrected chi connectivity index (χ2v) is 11.8. The minimum Gasteiger partial charge on any atom is -0.371 e. The van der Waals surface area contributed by atoms with E-state index in [1.165, 1.54) is 16.7 Å². The molecule has 41 heavy (non-hydrogen) atoms. The molecule has 0 saturated heterocycles. The fourth-order valence-electron chi connectivity index (χ4n) is 5.75. The summed E-state index contributed by atoms with van der Waals surface area (Å²) in [4.78, 5) is 12.7. The van der Waals surface area contributed by atoms with Gasteiger partial charge in [0, 0.05) is 12.3 Å². The number of carbonyl (C=O) groups is 1. The summed E-state index contributed by atoms with van der Waals surface area (Å²) in [6, 6.07) is 9.86. The molecule has 0 saturated carbocycles. The third-order valence-electron chi connectivity index (χ3n) is 7.79. The maximum absolute atomic E-state index is 12.7. The van der Waals surface area contributed by atoms with E-state index in [4.69, 9.17) is 14.2 Å². The highest BCUT2D eigenvalue weighted by Crippen LogP contribution is 2.42. The maximum Gasteiger partial charge on any atom is 0.209 e. The summed E-state index contributed by atoms with van der Waals surface area (Å²) in [7, 11) is 0. The maximum atomic E-state index is 12.7. The zero-order chi connectivity index (χ0) is 29.0. The Labute approximate surface area is 243 Å². The summed E-state index contributed by atoms with van der Waals surface area (Å²) in [5, 5.41) is 8.51. The lowest BCUT2D eigenvalue weighted by Crippen LogP contribution is -2.49. The summed E-state index contributed by atoms with van der Waals surface area (Å²) >= 11 is 0. The van der Waals surface area contributed by atoms with Crippen LogP contribution in [0.4, 0.5) is 0 Å². The van der Waals surface area contributed by atoms with Gasteiger partial charge in [-0.2, -0.15) is 0 Å². The molecule has 1 aliphatic carbocycles. The molecule has 2 aliphatic heterocycles. The van der Waals surface area contributed by atoms with Crippen molar-refractivity contribution in [2.45, 2.75) is 84.9 Å². The van der Waals surface area contributed by atoms with Gasteiger partial charge in [-0.05, 0) is 95.4 Å². The standard InChI is InChI=1S/C34H41N3O4/c1-23(2)10-9-11-24(3)14-30-15-25(4)18-34(40-30)19-27(31-17-32(38)26(5)16-33(31)41-34)21-39-22-28-20-37(36-35-28)29-12-7-6-8-13-29/h6-8,10,12-14,16,18-20,30-31,33H,9,11,15,17,21-22H2,1-5H3/t30-,31-,33-,34+/m1/s1. The van der Waals surface area contributed by atoms with Gasteiger partial charge in [0.2, 0.25) is 5.79 Å². The van der Waals surface area contributed by atoms with Gasteiger partial charge < -0.3 is 14.2 Å². The number of carbonyl (C=O) groups excluding carboxylic acids is 1. The number of fused-ring (bicyclic) bond motifs is 1. The molecule has 7 heteroatoms. The third-order valence-corrected chi connectivity index (χ3v) is 7.79. The van der Waals surface area contributed by atoms with Crippen LogP contribution in [0.3, 0.4) is 0 Å². The van der Waals surface area contributed by atoms with Crippen molar-refractivity contribution in [1.82, 2.24) is 15.0 Å². The summed E-state index contributed by atoms with van der Waals surface area (Å²) in [5.41, 5.74) is 7.30. The molecular formula is C34H41N3O4. The summed E-state index contributed by atoms with van der Waals surface area (Å²) in [6.07, 6.45) is 15.3. The second-order valence-electron chi connectivity index (χ2n) is 11.8. The Morgan fingerprint density at radius 3 is 2.68 bits per heavy atom. The van der Waals surface area contributed by atoms with E-state index in [0.717, 1.165) is 41.8 Å². The van der Waals surface area contributed by atoms with Crippen molar-refractivity contribution in [3.05, 3.63) is 100 Å². The molecule has 4 atom stereocenters. The number of hydrogen-bond acceptors (Lipinski definition) is 6. The Bertz CT molecular complexity index is 1410. The first kappa shape index (κ1) is 29.1. The molecule has 3 heterocycles. The number of rotatable bonds is 9. The molecule has 2 aromatic rings. The molecule has 0 radical (unpaired) electrons. The predicted molar refractivity (Wildman–Crippen MR) is 159 cm³/mol. The van der Waals surface area contributed by atoms with Gasteiger partial charge in [-0.3, -0.25) is 4.79 Å². The van der Waals surface area contributed by atoms with Gasteiger partial charge in [0.05, 0.1) is 37.3 Å². The minimum atomic E-state index is -1.00. The molecular weight excluding hydrogens is 514 g/mol. The van der Waals surface area contributed by atoms with E-state index in [1.807, 2.05) is 55.6 Å². The molecule has 5 rings (SSSR count). The smallest absolute Gasteiger partial charge is 0.209 e. The van der Waals surface area contributed by atoms with Crippen molar-refractivity contribution in [3.8, 4) is 5.69 Å². The van der Waals surface area contributed by atoms with Gasteiger partial charge >= 0.3 is 0 Å². The fourth-order valence-corrected chi connectivity index (χ4v) is 5.75. The molecule has 1 aromatic carbocycles. The lowest BCUT2D eigenvalue weighted by molar-refractivity contribution is -0.225. The fraction of sp³-hybridized carbons (Fsp3) is 0.441. The van der Waals surface area contributed by atoms with E-state index in [0.29, 0.717) is 19.6 Å². The van der Waals surface area contributed by atoms with Crippen molar-refractivity contribution in [3.63, 3.8) is 0 Å². The highest BCUT2D eigenvalue weighted by molar-refractivity contribution is 5.96. The molecule has 1 spiro atoms. The van der Waals surface area contributed by atoms with Crippen LogP contribution in [-0.2, 0) is 25.6 Å². The van der Waals surface area contributed by atoms with Crippen LogP contribution in [-0.4, -0.2) is 45.4 Å². The Morgan fingerprint density at radius 1 is 1.10 bits per heavy atom. The van der Waals surface area contributed by atoms with Crippen LogP contribution in [0, 0.1) is 5.92 Å². The van der Waals surface area contributed by atoms with E-state index in [9.17, 15) is 4.79 Å². The summed E-state index contributed by atoms with van der Waals surface area (Å²) in [6.45, 7) is 11.1. The van der Waals surface area contributed by atoms with Crippen LogP contribution in [0.25, 0.3) is 5.69 Å². The monoisotopic (exact) mass is 555 g/mol. The lowest BCUT2D eigenvalue weighted by atomic mass is 9.79. The number of nitrogens with zero attached hydrogens (tertiary/aromatic N) is 3. The highest BCUT2D eigenvalue weighted by atomic mass is 16.7. The molecule has 0 N–H and O–H groups in total. The minimum absolute atomic E-state index is 0.0872. The van der Waals surface area contributed by atoms with Gasteiger partial charge in [0.25, 0.3) is 0 Å². The van der Waals surface area contributed by atoms with Gasteiger partial charge in [-0.1, -0.05) is 52.3 Å². The summed E-state index contributed by atoms with van der Waals surface area (Å²) in [5.74, 6) is -0.945. The van der Waals surface area contributed by atoms with E-state index >= 15 is 0 Å². The number of para-hydroxylation sites is 1. The molecule has 7 nitrogen and oxygen atoms in total.